The van der Waals surface area contributed by atoms with Gasteiger partial charge in [0, 0.05) is 0 Å². The molecule has 0 bridgehead atoms. The third kappa shape index (κ3) is 12.3. The van der Waals surface area contributed by atoms with E-state index in [9.17, 15) is 28.7 Å². The fraction of sp³-hybridized carbons (Fsp3) is 0. The van der Waals surface area contributed by atoms with Crippen LogP contribution in [0.15, 0.2) is 0 Å². The van der Waals surface area contributed by atoms with Gasteiger partial charge < -0.3 is 33.0 Å². The standard InChI is InChI=1S/Ce.H4O7P2/c;1-8(2,3)7-9(4,5)6/h;(H2,1,2,3)(H2,4,5,6)/q+4;/p-4. The van der Waals surface area contributed by atoms with E-state index in [0.29, 0.717) is 0 Å². The number of phosphoric acid groups is 2. The fourth-order valence-electron chi connectivity index (χ4n) is 0.122. The van der Waals surface area contributed by atoms with Gasteiger partial charge in [-0.15, -0.1) is 0 Å². The minimum atomic E-state index is -5.68. The SMILES string of the molecule is O=P([O-])([O-])OP(=O)([O-])[O-].[Ce+4]. The summed E-state index contributed by atoms with van der Waals surface area (Å²) in [6.45, 7) is 0. The summed E-state index contributed by atoms with van der Waals surface area (Å²) in [4.78, 5) is 37.3. The summed E-state index contributed by atoms with van der Waals surface area (Å²) >= 11 is 0. The average molecular weight is 314 g/mol. The van der Waals surface area contributed by atoms with Gasteiger partial charge in [-0.25, -0.2) is 0 Å². The van der Waals surface area contributed by atoms with Crippen LogP contribution < -0.4 is 19.6 Å². The van der Waals surface area contributed by atoms with E-state index in [1.54, 1.807) is 0 Å². The van der Waals surface area contributed by atoms with Crippen LogP contribution in [-0.2, 0) is 13.4 Å². The monoisotopic (exact) mass is 314 g/mol. The molecule has 7 nitrogen and oxygen atoms in total. The van der Waals surface area contributed by atoms with Crippen molar-refractivity contribution in [3.8, 4) is 0 Å². The quantitative estimate of drug-likeness (QED) is 0.486. The van der Waals surface area contributed by atoms with Crippen molar-refractivity contribution in [2.75, 3.05) is 0 Å². The largest absolute Gasteiger partial charge is 4.00 e. The Balaban J connectivity index is 0. The van der Waals surface area contributed by atoms with Crippen molar-refractivity contribution in [1.29, 1.82) is 0 Å². The molecule has 0 atom stereocenters. The van der Waals surface area contributed by atoms with E-state index in [2.05, 4.69) is 4.31 Å². The molecule has 0 saturated heterocycles. The summed E-state index contributed by atoms with van der Waals surface area (Å²) in [6, 6.07) is 0. The first kappa shape index (κ1) is 14.2. The Morgan fingerprint density at radius 2 is 1.10 bits per heavy atom. The van der Waals surface area contributed by atoms with Gasteiger partial charge in [-0.2, -0.15) is 0 Å². The molecule has 0 heterocycles. The van der Waals surface area contributed by atoms with Crippen molar-refractivity contribution in [2.24, 2.45) is 0 Å². The molecule has 0 aliphatic carbocycles. The summed E-state index contributed by atoms with van der Waals surface area (Å²) in [7, 11) is -11.4. The maximum atomic E-state index is 9.32. The zero-order valence-electron chi connectivity index (χ0n) is 4.25. The summed E-state index contributed by atoms with van der Waals surface area (Å²) in [6.07, 6.45) is 0. The molecule has 0 saturated carbocycles. The van der Waals surface area contributed by atoms with Crippen LogP contribution in [-0.4, -0.2) is 0 Å². The molecule has 0 aromatic heterocycles. The van der Waals surface area contributed by atoms with E-state index < -0.39 is 15.6 Å². The van der Waals surface area contributed by atoms with Gasteiger partial charge in [-0.1, -0.05) is 0 Å². The maximum absolute atomic E-state index is 9.32. The first-order valence-corrected chi connectivity index (χ1v) is 4.38. The first-order valence-electron chi connectivity index (χ1n) is 1.46. The summed E-state index contributed by atoms with van der Waals surface area (Å²) in [5.74, 6) is 0. The molecule has 0 rings (SSSR count). The third-order valence-corrected chi connectivity index (χ3v) is 1.80. The second kappa shape index (κ2) is 4.61. The molecule has 10 heavy (non-hydrogen) atoms. The van der Waals surface area contributed by atoms with E-state index in [1.165, 1.54) is 0 Å². The van der Waals surface area contributed by atoms with E-state index in [-0.39, 0.29) is 41.7 Å². The van der Waals surface area contributed by atoms with Crippen molar-refractivity contribution in [3.05, 3.63) is 0 Å². The Kier molecular flexibility index (Phi) is 6.54. The van der Waals surface area contributed by atoms with E-state index in [1.807, 2.05) is 0 Å². The minimum Gasteiger partial charge on any atom is -0.790 e. The van der Waals surface area contributed by atoms with Crippen LogP contribution in [0.2, 0.25) is 0 Å². The van der Waals surface area contributed by atoms with Crippen molar-refractivity contribution in [1.82, 2.24) is 0 Å². The second-order valence-corrected chi connectivity index (χ2v) is 3.42. The molecule has 0 aromatic rings. The molecule has 56 valence electrons. The number of rotatable bonds is 2. The number of hydrogen-bond acceptors (Lipinski definition) is 7. The van der Waals surface area contributed by atoms with Gasteiger partial charge in [-0.05, 0) is 0 Å². The van der Waals surface area contributed by atoms with Gasteiger partial charge in [0.25, 0.3) is 0 Å². The summed E-state index contributed by atoms with van der Waals surface area (Å²) in [5.41, 5.74) is 0. The van der Waals surface area contributed by atoms with E-state index >= 15 is 0 Å². The molecular formula is CeO7P2. The zero-order chi connectivity index (χ0) is 7.71. The molecule has 0 aromatic carbocycles. The molecule has 0 radical (unpaired) electrons. The normalized spacial score (nSPS) is 12.4. The number of hydrogen-bond donors (Lipinski definition) is 0. The zero-order valence-corrected chi connectivity index (χ0v) is 9.18. The van der Waals surface area contributed by atoms with Gasteiger partial charge in [0.2, 0.25) is 0 Å². The summed E-state index contributed by atoms with van der Waals surface area (Å²) in [5, 5.41) is 0. The molecule has 0 aliphatic rings. The van der Waals surface area contributed by atoms with Crippen LogP contribution in [0.4, 0.5) is 0 Å². The van der Waals surface area contributed by atoms with Crippen LogP contribution in [0, 0.1) is 41.7 Å². The molecule has 0 unspecified atom stereocenters. The molecule has 0 N–H and O–H groups in total. The topological polar surface area (TPSA) is 136 Å². The Morgan fingerprint density at radius 1 is 0.900 bits per heavy atom. The van der Waals surface area contributed by atoms with Crippen molar-refractivity contribution < 1.29 is 74.8 Å². The Hall–Kier alpha value is 1.64. The first-order chi connectivity index (χ1) is 3.71. The van der Waals surface area contributed by atoms with Crippen LogP contribution >= 0.6 is 15.6 Å². The van der Waals surface area contributed by atoms with Crippen molar-refractivity contribution in [2.45, 2.75) is 0 Å². The minimum absolute atomic E-state index is 0. The van der Waals surface area contributed by atoms with Gasteiger partial charge in [0.15, 0.2) is 0 Å². The Labute approximate surface area is 89.6 Å². The Morgan fingerprint density at radius 3 is 1.10 bits per heavy atom. The van der Waals surface area contributed by atoms with Crippen LogP contribution in [0.25, 0.3) is 0 Å². The van der Waals surface area contributed by atoms with Crippen LogP contribution in [0.1, 0.15) is 0 Å². The molecule has 0 fully saturated rings. The molecule has 0 spiro atoms. The fourth-order valence-corrected chi connectivity index (χ4v) is 1.10. The smallest absolute Gasteiger partial charge is 0.790 e. The molecular weight excluding hydrogens is 314 g/mol. The van der Waals surface area contributed by atoms with E-state index in [0.717, 1.165) is 0 Å². The maximum Gasteiger partial charge on any atom is 4.00 e. The van der Waals surface area contributed by atoms with Crippen LogP contribution in [0.3, 0.4) is 0 Å². The average Bonchev–Trinajstić information content (AvgIpc) is 1.14. The van der Waals surface area contributed by atoms with E-state index in [4.69, 9.17) is 0 Å². The van der Waals surface area contributed by atoms with Crippen molar-refractivity contribution in [3.63, 3.8) is 0 Å². The van der Waals surface area contributed by atoms with Crippen LogP contribution in [0.5, 0.6) is 0 Å². The molecule has 10 heteroatoms. The summed E-state index contributed by atoms with van der Waals surface area (Å²) < 4.78 is 21.2. The third-order valence-electron chi connectivity index (χ3n) is 0.200. The van der Waals surface area contributed by atoms with Gasteiger partial charge >= 0.3 is 41.7 Å². The molecule has 0 amide bonds. The predicted octanol–water partition coefficient (Wildman–Crippen LogP) is -3.34. The Bertz CT molecular complexity index is 152. The predicted molar refractivity (Wildman–Crippen MR) is 16.3 cm³/mol. The molecule has 0 aliphatic heterocycles. The van der Waals surface area contributed by atoms with Gasteiger partial charge in [-0.3, -0.25) is 0 Å². The van der Waals surface area contributed by atoms with Gasteiger partial charge in [0.1, 0.15) is 0 Å². The second-order valence-electron chi connectivity index (χ2n) is 0.976. The van der Waals surface area contributed by atoms with Crippen molar-refractivity contribution >= 4 is 15.6 Å². The van der Waals surface area contributed by atoms with Gasteiger partial charge in [0.05, 0.1) is 15.6 Å².